The van der Waals surface area contributed by atoms with Gasteiger partial charge in [0.15, 0.2) is 0 Å². The van der Waals surface area contributed by atoms with E-state index in [1.54, 1.807) is 26.2 Å². The molecule has 0 radical (unpaired) electrons. The largest absolute Gasteiger partial charge is 0.497 e. The fraction of sp³-hybridized carbons (Fsp3) is 0.545. The second kappa shape index (κ2) is 4.98. The highest BCUT2D eigenvalue weighted by molar-refractivity contribution is 5.76. The zero-order chi connectivity index (χ0) is 11.4. The summed E-state index contributed by atoms with van der Waals surface area (Å²) in [7, 11) is 1.58. The van der Waals surface area contributed by atoms with Crippen LogP contribution in [-0.4, -0.2) is 25.7 Å². The van der Waals surface area contributed by atoms with Gasteiger partial charge in [-0.1, -0.05) is 6.08 Å². The van der Waals surface area contributed by atoms with Gasteiger partial charge in [0.05, 0.1) is 19.6 Å². The minimum atomic E-state index is -0.399. The SMILES string of the molecule is CCOC(=O)C1C=CC(OC)=C(C)C1N. The van der Waals surface area contributed by atoms with Gasteiger partial charge >= 0.3 is 5.97 Å². The van der Waals surface area contributed by atoms with Crippen LogP contribution < -0.4 is 5.73 Å². The first-order valence-corrected chi connectivity index (χ1v) is 4.97. The van der Waals surface area contributed by atoms with Gasteiger partial charge in [0.25, 0.3) is 0 Å². The summed E-state index contributed by atoms with van der Waals surface area (Å²) in [6.07, 6.45) is 3.49. The lowest BCUT2D eigenvalue weighted by atomic mass is 9.89. The topological polar surface area (TPSA) is 61.5 Å². The first-order chi connectivity index (χ1) is 7.11. The van der Waals surface area contributed by atoms with E-state index in [0.29, 0.717) is 6.61 Å². The number of nitrogens with two attached hydrogens (primary N) is 1. The molecule has 2 N–H and O–H groups in total. The maximum atomic E-state index is 11.5. The predicted octanol–water partition coefficient (Wildman–Crippen LogP) is 0.983. The molecule has 4 heteroatoms. The molecule has 15 heavy (non-hydrogen) atoms. The number of allylic oxidation sites excluding steroid dienone is 1. The molecule has 0 aromatic rings. The Morgan fingerprint density at radius 2 is 2.27 bits per heavy atom. The number of carbonyl (C=O) groups is 1. The van der Waals surface area contributed by atoms with E-state index in [1.165, 1.54) is 0 Å². The van der Waals surface area contributed by atoms with Crippen molar-refractivity contribution in [3.05, 3.63) is 23.5 Å². The van der Waals surface area contributed by atoms with E-state index < -0.39 is 5.92 Å². The van der Waals surface area contributed by atoms with Crippen molar-refractivity contribution in [3.63, 3.8) is 0 Å². The first-order valence-electron chi connectivity index (χ1n) is 4.97. The molecule has 0 heterocycles. The predicted molar refractivity (Wildman–Crippen MR) is 56.9 cm³/mol. The van der Waals surface area contributed by atoms with Crippen molar-refractivity contribution in [2.24, 2.45) is 11.7 Å². The maximum Gasteiger partial charge on any atom is 0.314 e. The molecule has 0 amide bonds. The number of carbonyl (C=O) groups excluding carboxylic acids is 1. The number of rotatable bonds is 3. The molecule has 0 fully saturated rings. The molecule has 84 valence electrons. The van der Waals surface area contributed by atoms with E-state index in [4.69, 9.17) is 15.2 Å². The standard InChI is InChI=1S/C11H17NO3/c1-4-15-11(13)8-5-6-9(14-3)7(2)10(8)12/h5-6,8,10H,4,12H2,1-3H3. The molecule has 0 aliphatic heterocycles. The molecule has 1 aliphatic carbocycles. The molecule has 4 nitrogen and oxygen atoms in total. The van der Waals surface area contributed by atoms with Crippen molar-refractivity contribution in [2.45, 2.75) is 19.9 Å². The summed E-state index contributed by atoms with van der Waals surface area (Å²) in [5.41, 5.74) is 6.80. The second-order valence-electron chi connectivity index (χ2n) is 3.41. The lowest BCUT2D eigenvalue weighted by Gasteiger charge is -2.25. The molecule has 0 saturated carbocycles. The molecule has 1 rings (SSSR count). The van der Waals surface area contributed by atoms with Crippen molar-refractivity contribution in [1.82, 2.24) is 0 Å². The lowest BCUT2D eigenvalue weighted by Crippen LogP contribution is -2.38. The van der Waals surface area contributed by atoms with Crippen molar-refractivity contribution in [2.75, 3.05) is 13.7 Å². The van der Waals surface area contributed by atoms with Gasteiger partial charge in [0, 0.05) is 6.04 Å². The van der Waals surface area contributed by atoms with Gasteiger partial charge in [-0.25, -0.2) is 0 Å². The fourth-order valence-electron chi connectivity index (χ4n) is 1.57. The third-order valence-electron chi connectivity index (χ3n) is 2.51. The molecule has 0 aromatic heterocycles. The number of esters is 1. The van der Waals surface area contributed by atoms with E-state index in [2.05, 4.69) is 0 Å². The molecule has 2 unspecified atom stereocenters. The summed E-state index contributed by atoms with van der Waals surface area (Å²) in [6, 6.07) is -0.357. The smallest absolute Gasteiger partial charge is 0.314 e. The molecule has 0 spiro atoms. The van der Waals surface area contributed by atoms with Crippen molar-refractivity contribution >= 4 is 5.97 Å². The second-order valence-corrected chi connectivity index (χ2v) is 3.41. The van der Waals surface area contributed by atoms with Gasteiger partial charge in [0.2, 0.25) is 0 Å². The Morgan fingerprint density at radius 1 is 1.60 bits per heavy atom. The molecular formula is C11H17NO3. The highest BCUT2D eigenvalue weighted by Gasteiger charge is 2.29. The van der Waals surface area contributed by atoms with Crippen molar-refractivity contribution in [1.29, 1.82) is 0 Å². The van der Waals surface area contributed by atoms with Crippen LogP contribution in [0, 0.1) is 5.92 Å². The van der Waals surface area contributed by atoms with Crippen LogP contribution in [0.15, 0.2) is 23.5 Å². The molecule has 0 bridgehead atoms. The molecular weight excluding hydrogens is 194 g/mol. The number of hydrogen-bond acceptors (Lipinski definition) is 4. The fourth-order valence-corrected chi connectivity index (χ4v) is 1.57. The minimum Gasteiger partial charge on any atom is -0.497 e. The van der Waals surface area contributed by atoms with Crippen LogP contribution in [0.3, 0.4) is 0 Å². The van der Waals surface area contributed by atoms with Gasteiger partial charge in [-0.05, 0) is 25.5 Å². The summed E-state index contributed by atoms with van der Waals surface area (Å²) in [5, 5.41) is 0. The molecule has 0 aromatic carbocycles. The van der Waals surface area contributed by atoms with Crippen LogP contribution >= 0.6 is 0 Å². The number of ether oxygens (including phenoxy) is 2. The van der Waals surface area contributed by atoms with Crippen molar-refractivity contribution < 1.29 is 14.3 Å². The zero-order valence-electron chi connectivity index (χ0n) is 9.32. The summed E-state index contributed by atoms with van der Waals surface area (Å²) < 4.78 is 10.1. The van der Waals surface area contributed by atoms with Gasteiger partial charge < -0.3 is 15.2 Å². The van der Waals surface area contributed by atoms with E-state index in [0.717, 1.165) is 11.3 Å². The molecule has 0 saturated heterocycles. The minimum absolute atomic E-state index is 0.282. The van der Waals surface area contributed by atoms with E-state index in [-0.39, 0.29) is 12.0 Å². The van der Waals surface area contributed by atoms with Crippen LogP contribution in [-0.2, 0) is 14.3 Å². The Bertz CT molecular complexity index is 307. The third-order valence-corrected chi connectivity index (χ3v) is 2.51. The normalized spacial score (nSPS) is 25.3. The van der Waals surface area contributed by atoms with Crippen LogP contribution in [0.4, 0.5) is 0 Å². The van der Waals surface area contributed by atoms with E-state index in [1.807, 2.05) is 6.92 Å². The van der Waals surface area contributed by atoms with E-state index >= 15 is 0 Å². The molecule has 1 aliphatic rings. The first kappa shape index (κ1) is 11.8. The summed E-state index contributed by atoms with van der Waals surface area (Å²) in [6.45, 7) is 4.01. The van der Waals surface area contributed by atoms with Crippen LogP contribution in [0.1, 0.15) is 13.8 Å². The Kier molecular flexibility index (Phi) is 3.91. The monoisotopic (exact) mass is 211 g/mol. The zero-order valence-corrected chi connectivity index (χ0v) is 9.32. The number of hydrogen-bond donors (Lipinski definition) is 1. The third kappa shape index (κ3) is 2.39. The Labute approximate surface area is 89.7 Å². The Hall–Kier alpha value is -1.29. The lowest BCUT2D eigenvalue weighted by molar-refractivity contribution is -0.146. The maximum absolute atomic E-state index is 11.5. The summed E-state index contributed by atoms with van der Waals surface area (Å²) >= 11 is 0. The average molecular weight is 211 g/mol. The van der Waals surface area contributed by atoms with Gasteiger partial charge in [-0.3, -0.25) is 4.79 Å². The number of methoxy groups -OCH3 is 1. The highest BCUT2D eigenvalue weighted by Crippen LogP contribution is 2.23. The van der Waals surface area contributed by atoms with E-state index in [9.17, 15) is 4.79 Å². The Balaban J connectivity index is 2.80. The summed E-state index contributed by atoms with van der Waals surface area (Å²) in [4.78, 5) is 11.5. The van der Waals surface area contributed by atoms with Crippen molar-refractivity contribution in [3.8, 4) is 0 Å². The van der Waals surface area contributed by atoms with Gasteiger partial charge in [-0.15, -0.1) is 0 Å². The summed E-state index contributed by atoms with van der Waals surface area (Å²) in [5.74, 6) is 0.0441. The van der Waals surface area contributed by atoms with Gasteiger partial charge in [0.1, 0.15) is 5.76 Å². The average Bonchev–Trinajstić information content (AvgIpc) is 2.22. The van der Waals surface area contributed by atoms with Crippen LogP contribution in [0.25, 0.3) is 0 Å². The quantitative estimate of drug-likeness (QED) is 0.707. The van der Waals surface area contributed by atoms with Crippen LogP contribution in [0.5, 0.6) is 0 Å². The molecule has 2 atom stereocenters. The highest BCUT2D eigenvalue weighted by atomic mass is 16.5. The Morgan fingerprint density at radius 3 is 2.80 bits per heavy atom. The van der Waals surface area contributed by atoms with Crippen LogP contribution in [0.2, 0.25) is 0 Å². The van der Waals surface area contributed by atoms with Gasteiger partial charge in [-0.2, -0.15) is 0 Å².